The fourth-order valence-electron chi connectivity index (χ4n) is 2.95. The molecule has 28 heavy (non-hydrogen) atoms. The molecule has 0 bridgehead atoms. The molecule has 0 aliphatic rings. The number of carbonyl (C=O) groups excluding carboxylic acids is 2. The fraction of sp³-hybridized carbons (Fsp3) is 0.364. The second kappa shape index (κ2) is 10.8. The maximum absolute atomic E-state index is 12.7. The van der Waals surface area contributed by atoms with E-state index >= 15 is 0 Å². The number of nitrogens with zero attached hydrogens (tertiary/aromatic N) is 1. The Morgan fingerprint density at radius 1 is 1.07 bits per heavy atom. The van der Waals surface area contributed by atoms with Crippen LogP contribution in [0.2, 0.25) is 5.02 Å². The number of rotatable bonds is 9. The molecule has 1 N–H and O–H groups in total. The van der Waals surface area contributed by atoms with Crippen molar-refractivity contribution in [3.05, 3.63) is 70.2 Å². The van der Waals surface area contributed by atoms with Crippen molar-refractivity contribution in [2.75, 3.05) is 20.2 Å². The number of nitrogens with one attached hydrogen (secondary N) is 1. The molecule has 1 amide bonds. The van der Waals surface area contributed by atoms with Crippen LogP contribution in [0.25, 0.3) is 0 Å². The van der Waals surface area contributed by atoms with Crippen LogP contribution < -0.4 is 5.32 Å². The topological polar surface area (TPSA) is 58.6 Å². The molecule has 2 rings (SSSR count). The summed E-state index contributed by atoms with van der Waals surface area (Å²) in [4.78, 5) is 26.9. The standard InChI is InChI=1S/C22H27ClN2O3/c1-4-25(5-2)15-16-10-12-17(13-11-16)22(27)24-20(14-21(26)28-3)18-8-6-7-9-19(18)23/h6-13,20H,4-5,14-15H2,1-3H3,(H,24,27). The van der Waals surface area contributed by atoms with Gasteiger partial charge in [-0.3, -0.25) is 14.5 Å². The van der Waals surface area contributed by atoms with E-state index in [4.69, 9.17) is 16.3 Å². The van der Waals surface area contributed by atoms with Gasteiger partial charge in [0.15, 0.2) is 0 Å². The summed E-state index contributed by atoms with van der Waals surface area (Å²) in [6, 6.07) is 14.1. The maximum atomic E-state index is 12.7. The van der Waals surface area contributed by atoms with Crippen LogP contribution in [0.1, 0.15) is 47.8 Å². The average Bonchev–Trinajstić information content (AvgIpc) is 2.72. The predicted octanol–water partition coefficient (Wildman–Crippen LogP) is 4.22. The fourth-order valence-corrected chi connectivity index (χ4v) is 3.22. The van der Waals surface area contributed by atoms with Gasteiger partial charge in [-0.05, 0) is 42.4 Å². The third-order valence-electron chi connectivity index (χ3n) is 4.70. The van der Waals surface area contributed by atoms with Crippen LogP contribution in [0.15, 0.2) is 48.5 Å². The number of halogens is 1. The highest BCUT2D eigenvalue weighted by atomic mass is 35.5. The van der Waals surface area contributed by atoms with E-state index in [1.165, 1.54) is 7.11 Å². The molecule has 0 aromatic heterocycles. The smallest absolute Gasteiger partial charge is 0.307 e. The SMILES string of the molecule is CCN(CC)Cc1ccc(C(=O)NC(CC(=O)OC)c2ccccc2Cl)cc1. The van der Waals surface area contributed by atoms with Crippen molar-refractivity contribution in [1.82, 2.24) is 10.2 Å². The van der Waals surface area contributed by atoms with E-state index in [9.17, 15) is 9.59 Å². The van der Waals surface area contributed by atoms with E-state index < -0.39 is 12.0 Å². The van der Waals surface area contributed by atoms with Gasteiger partial charge < -0.3 is 10.1 Å². The number of hydrogen-bond donors (Lipinski definition) is 1. The molecule has 1 unspecified atom stereocenters. The molecule has 2 aromatic rings. The second-order valence-electron chi connectivity index (χ2n) is 6.49. The highest BCUT2D eigenvalue weighted by molar-refractivity contribution is 6.31. The summed E-state index contributed by atoms with van der Waals surface area (Å²) in [7, 11) is 1.32. The van der Waals surface area contributed by atoms with Gasteiger partial charge in [-0.25, -0.2) is 0 Å². The Labute approximate surface area is 171 Å². The minimum absolute atomic E-state index is 0.00597. The lowest BCUT2D eigenvalue weighted by Gasteiger charge is -2.20. The maximum Gasteiger partial charge on any atom is 0.307 e. The van der Waals surface area contributed by atoms with Crippen LogP contribution in [-0.4, -0.2) is 37.0 Å². The molecule has 2 aromatic carbocycles. The van der Waals surface area contributed by atoms with Crippen LogP contribution in [0.3, 0.4) is 0 Å². The highest BCUT2D eigenvalue weighted by Gasteiger charge is 2.21. The Hall–Kier alpha value is -2.37. The molecule has 5 nitrogen and oxygen atoms in total. The van der Waals surface area contributed by atoms with Crippen LogP contribution in [0, 0.1) is 0 Å². The van der Waals surface area contributed by atoms with Crippen molar-refractivity contribution in [2.24, 2.45) is 0 Å². The average molecular weight is 403 g/mol. The number of ether oxygens (including phenoxy) is 1. The zero-order valence-electron chi connectivity index (χ0n) is 16.6. The number of amides is 1. The van der Waals surface area contributed by atoms with Crippen molar-refractivity contribution in [2.45, 2.75) is 32.9 Å². The number of esters is 1. The van der Waals surface area contributed by atoms with E-state index in [1.54, 1.807) is 30.3 Å². The van der Waals surface area contributed by atoms with Crippen molar-refractivity contribution in [3.8, 4) is 0 Å². The summed E-state index contributed by atoms with van der Waals surface area (Å²) in [5.41, 5.74) is 2.36. The molecule has 0 spiro atoms. The zero-order chi connectivity index (χ0) is 20.5. The van der Waals surface area contributed by atoms with Crippen LogP contribution >= 0.6 is 11.6 Å². The molecule has 6 heteroatoms. The van der Waals surface area contributed by atoms with Crippen molar-refractivity contribution < 1.29 is 14.3 Å². The first kappa shape index (κ1) is 21.9. The monoisotopic (exact) mass is 402 g/mol. The van der Waals surface area contributed by atoms with E-state index in [-0.39, 0.29) is 12.3 Å². The largest absolute Gasteiger partial charge is 0.469 e. The zero-order valence-corrected chi connectivity index (χ0v) is 17.3. The number of methoxy groups -OCH3 is 1. The van der Waals surface area contributed by atoms with Gasteiger partial charge in [0.25, 0.3) is 5.91 Å². The number of hydrogen-bond acceptors (Lipinski definition) is 4. The minimum Gasteiger partial charge on any atom is -0.469 e. The molecular formula is C22H27ClN2O3. The third kappa shape index (κ3) is 6.08. The van der Waals surface area contributed by atoms with Gasteiger partial charge in [0.2, 0.25) is 0 Å². The molecule has 0 aliphatic carbocycles. The summed E-state index contributed by atoms with van der Waals surface area (Å²) >= 11 is 6.26. The lowest BCUT2D eigenvalue weighted by Crippen LogP contribution is -2.30. The van der Waals surface area contributed by atoms with Gasteiger partial charge in [-0.1, -0.05) is 55.8 Å². The van der Waals surface area contributed by atoms with Crippen LogP contribution in [0.5, 0.6) is 0 Å². The van der Waals surface area contributed by atoms with Gasteiger partial charge in [0.05, 0.1) is 19.6 Å². The van der Waals surface area contributed by atoms with Crippen LogP contribution in [-0.2, 0) is 16.1 Å². The van der Waals surface area contributed by atoms with Crippen molar-refractivity contribution >= 4 is 23.5 Å². The van der Waals surface area contributed by atoms with E-state index in [2.05, 4.69) is 24.1 Å². The van der Waals surface area contributed by atoms with E-state index in [1.807, 2.05) is 18.2 Å². The normalized spacial score (nSPS) is 11.9. The molecular weight excluding hydrogens is 376 g/mol. The molecule has 0 saturated carbocycles. The van der Waals surface area contributed by atoms with Gasteiger partial charge in [-0.2, -0.15) is 0 Å². The highest BCUT2D eigenvalue weighted by Crippen LogP contribution is 2.26. The van der Waals surface area contributed by atoms with E-state index in [0.29, 0.717) is 16.1 Å². The van der Waals surface area contributed by atoms with Crippen LogP contribution in [0.4, 0.5) is 0 Å². The Balaban J connectivity index is 2.14. The molecule has 150 valence electrons. The molecule has 1 atom stereocenters. The Kier molecular flexibility index (Phi) is 8.48. The summed E-state index contributed by atoms with van der Waals surface area (Å²) in [6.07, 6.45) is 0.00597. The second-order valence-corrected chi connectivity index (χ2v) is 6.89. The summed E-state index contributed by atoms with van der Waals surface area (Å²) in [5.74, 6) is -0.678. The summed E-state index contributed by atoms with van der Waals surface area (Å²) in [5, 5.41) is 3.40. The molecule has 0 saturated heterocycles. The van der Waals surface area contributed by atoms with E-state index in [0.717, 1.165) is 25.2 Å². The minimum atomic E-state index is -0.566. The Morgan fingerprint density at radius 3 is 2.29 bits per heavy atom. The molecule has 0 radical (unpaired) electrons. The molecule has 0 heterocycles. The predicted molar refractivity (Wildman–Crippen MR) is 111 cm³/mol. The lowest BCUT2D eigenvalue weighted by atomic mass is 10.0. The third-order valence-corrected chi connectivity index (χ3v) is 5.05. The van der Waals surface area contributed by atoms with Gasteiger partial charge in [0, 0.05) is 17.1 Å². The molecule has 0 fully saturated rings. The quantitative estimate of drug-likeness (QED) is 0.638. The first-order chi connectivity index (χ1) is 13.5. The van der Waals surface area contributed by atoms with Gasteiger partial charge in [0.1, 0.15) is 0 Å². The summed E-state index contributed by atoms with van der Waals surface area (Å²) < 4.78 is 4.77. The Bertz CT molecular complexity index is 789. The Morgan fingerprint density at radius 2 is 1.71 bits per heavy atom. The lowest BCUT2D eigenvalue weighted by molar-refractivity contribution is -0.141. The first-order valence-corrected chi connectivity index (χ1v) is 9.79. The molecule has 0 aliphatic heterocycles. The van der Waals surface area contributed by atoms with Gasteiger partial charge >= 0.3 is 5.97 Å². The summed E-state index contributed by atoms with van der Waals surface area (Å²) in [6.45, 7) is 7.06. The van der Waals surface area contributed by atoms with Crippen molar-refractivity contribution in [1.29, 1.82) is 0 Å². The first-order valence-electron chi connectivity index (χ1n) is 9.41. The number of carbonyl (C=O) groups is 2. The number of benzene rings is 2. The van der Waals surface area contributed by atoms with Crippen molar-refractivity contribution in [3.63, 3.8) is 0 Å². The van der Waals surface area contributed by atoms with Gasteiger partial charge in [-0.15, -0.1) is 0 Å².